The number of anilines is 1. The minimum atomic E-state index is -3.87. The van der Waals surface area contributed by atoms with E-state index in [1.165, 1.54) is 11.8 Å². The van der Waals surface area contributed by atoms with Crippen LogP contribution in [0.1, 0.15) is 17.7 Å². The first-order chi connectivity index (χ1) is 16.2. The van der Waals surface area contributed by atoms with Crippen molar-refractivity contribution < 1.29 is 18.3 Å². The number of aliphatic hydroxyl groups is 1. The van der Waals surface area contributed by atoms with Crippen LogP contribution in [0.15, 0.2) is 58.4 Å². The Hall–Kier alpha value is -2.47. The number of hydrogen-bond acceptors (Lipinski definition) is 7. The number of hydrogen-bond donors (Lipinski definition) is 3. The molecule has 0 spiro atoms. The Bertz CT molecular complexity index is 1400. The standard InChI is InChI=1S/C23H24N4O4S3/c1-14-4-2-6-18(8-14)34(30,31)27(32)20-7-3-5-15-9-19(25-22(15)20)23-24-11-17(33-23)10-21(29)26-12-16(28)13-26/h2-9,16-17,25,28,32H,10-13H2,1H3. The molecule has 1 atom stereocenters. The normalized spacial score (nSPS) is 18.7. The van der Waals surface area contributed by atoms with E-state index >= 15 is 0 Å². The lowest BCUT2D eigenvalue weighted by atomic mass is 10.1. The molecular weight excluding hydrogens is 492 g/mol. The van der Waals surface area contributed by atoms with Crippen LogP contribution in [0, 0.1) is 6.92 Å². The SMILES string of the molecule is Cc1cccc(S(=O)(=O)N(S)c2cccc3cc(C4=NCC(CC(=O)N5CC(O)C5)S4)[nH]c23)c1. The van der Waals surface area contributed by atoms with Gasteiger partial charge in [0.25, 0.3) is 10.0 Å². The highest BCUT2D eigenvalue weighted by molar-refractivity contribution is 8.15. The van der Waals surface area contributed by atoms with E-state index in [1.54, 1.807) is 35.2 Å². The number of aryl methyl sites for hydroxylation is 1. The Labute approximate surface area is 207 Å². The molecule has 34 heavy (non-hydrogen) atoms. The second kappa shape index (κ2) is 8.95. The first kappa shape index (κ1) is 23.3. The number of amides is 1. The number of para-hydroxylation sites is 1. The molecule has 1 saturated heterocycles. The smallest absolute Gasteiger partial charge is 0.273 e. The van der Waals surface area contributed by atoms with Gasteiger partial charge in [0.15, 0.2) is 0 Å². The minimum Gasteiger partial charge on any atom is -0.389 e. The monoisotopic (exact) mass is 516 g/mol. The number of β-amino-alcohol motifs (C(OH)–C–C–N with tert-alkyl or cyclic N) is 1. The number of aromatic nitrogens is 1. The van der Waals surface area contributed by atoms with E-state index in [1.807, 2.05) is 25.1 Å². The van der Waals surface area contributed by atoms with E-state index in [2.05, 4.69) is 22.8 Å². The molecule has 11 heteroatoms. The number of fused-ring (bicyclic) bond motifs is 1. The summed E-state index contributed by atoms with van der Waals surface area (Å²) in [5, 5.41) is 11.1. The number of aliphatic hydroxyl groups excluding tert-OH is 1. The van der Waals surface area contributed by atoms with E-state index < -0.39 is 16.1 Å². The van der Waals surface area contributed by atoms with Gasteiger partial charge in [-0.15, -0.1) is 0 Å². The molecule has 1 fully saturated rings. The van der Waals surface area contributed by atoms with Gasteiger partial charge < -0.3 is 15.0 Å². The molecule has 3 heterocycles. The lowest BCUT2D eigenvalue weighted by Crippen LogP contribution is -2.53. The molecule has 8 nitrogen and oxygen atoms in total. The third-order valence-corrected chi connectivity index (χ3v) is 9.50. The van der Waals surface area contributed by atoms with Crippen LogP contribution in [0.4, 0.5) is 5.69 Å². The predicted molar refractivity (Wildman–Crippen MR) is 138 cm³/mol. The Balaban J connectivity index is 1.36. The highest BCUT2D eigenvalue weighted by atomic mass is 32.3. The fourth-order valence-electron chi connectivity index (χ4n) is 4.07. The zero-order valence-electron chi connectivity index (χ0n) is 18.4. The molecule has 1 amide bonds. The maximum Gasteiger partial charge on any atom is 0.273 e. The number of thioether (sulfide) groups is 1. The molecule has 5 rings (SSSR count). The molecule has 1 unspecified atom stereocenters. The van der Waals surface area contributed by atoms with Crippen LogP contribution in [0.3, 0.4) is 0 Å². The van der Waals surface area contributed by atoms with Crippen LogP contribution in [-0.4, -0.2) is 65.3 Å². The quantitative estimate of drug-likeness (QED) is 0.437. The average molecular weight is 517 g/mol. The lowest BCUT2D eigenvalue weighted by molar-refractivity contribution is -0.141. The molecule has 2 aliphatic rings. The number of thiol groups is 1. The average Bonchev–Trinajstić information content (AvgIpc) is 3.43. The fourth-order valence-corrected chi connectivity index (χ4v) is 6.80. The number of benzene rings is 2. The number of aromatic amines is 1. The second-order valence-corrected chi connectivity index (χ2v) is 12.3. The van der Waals surface area contributed by atoms with Gasteiger partial charge in [-0.3, -0.25) is 9.79 Å². The number of carbonyl (C=O) groups is 1. The molecule has 2 aromatic carbocycles. The van der Waals surface area contributed by atoms with Gasteiger partial charge in [-0.25, -0.2) is 12.1 Å². The van der Waals surface area contributed by atoms with Crippen LogP contribution in [0.5, 0.6) is 0 Å². The van der Waals surface area contributed by atoms with Gasteiger partial charge in [0, 0.05) is 30.1 Å². The van der Waals surface area contributed by atoms with Crippen LogP contribution in [0.2, 0.25) is 0 Å². The molecule has 0 saturated carbocycles. The summed E-state index contributed by atoms with van der Waals surface area (Å²) in [4.78, 5) is 22.1. The van der Waals surface area contributed by atoms with Crippen molar-refractivity contribution in [2.45, 2.75) is 29.6 Å². The number of nitrogens with one attached hydrogen (secondary N) is 1. The Morgan fingerprint density at radius 3 is 2.76 bits per heavy atom. The van der Waals surface area contributed by atoms with Gasteiger partial charge in [-0.1, -0.05) is 36.0 Å². The summed E-state index contributed by atoms with van der Waals surface area (Å²) >= 11 is 5.90. The summed E-state index contributed by atoms with van der Waals surface area (Å²) in [6.07, 6.45) is -0.0386. The Morgan fingerprint density at radius 1 is 1.26 bits per heavy atom. The fraction of sp³-hybridized carbons (Fsp3) is 0.304. The zero-order chi connectivity index (χ0) is 24.0. The number of nitrogens with zero attached hydrogens (tertiary/aromatic N) is 3. The van der Waals surface area contributed by atoms with Crippen LogP contribution < -0.4 is 3.71 Å². The summed E-state index contributed by atoms with van der Waals surface area (Å²) in [6.45, 7) is 3.18. The lowest BCUT2D eigenvalue weighted by Gasteiger charge is -2.36. The Morgan fingerprint density at radius 2 is 2.03 bits per heavy atom. The highest BCUT2D eigenvalue weighted by Crippen LogP contribution is 2.35. The molecule has 0 bridgehead atoms. The Kier molecular flexibility index (Phi) is 6.13. The third-order valence-electron chi connectivity index (χ3n) is 5.92. The van der Waals surface area contributed by atoms with Crippen molar-refractivity contribution in [1.29, 1.82) is 0 Å². The topological polar surface area (TPSA) is 106 Å². The number of carbonyl (C=O) groups excluding carboxylic acids is 1. The predicted octanol–water partition coefficient (Wildman–Crippen LogP) is 2.97. The van der Waals surface area contributed by atoms with Crippen molar-refractivity contribution in [3.63, 3.8) is 0 Å². The number of rotatable bonds is 6. The summed E-state index contributed by atoms with van der Waals surface area (Å²) < 4.78 is 27.4. The summed E-state index contributed by atoms with van der Waals surface area (Å²) in [7, 11) is -3.87. The van der Waals surface area contributed by atoms with Crippen molar-refractivity contribution in [3.05, 3.63) is 59.8 Å². The van der Waals surface area contributed by atoms with Crippen molar-refractivity contribution in [2.24, 2.45) is 4.99 Å². The summed E-state index contributed by atoms with van der Waals surface area (Å²) in [6, 6.07) is 14.0. The maximum atomic E-state index is 13.2. The van der Waals surface area contributed by atoms with Crippen LogP contribution >= 0.6 is 24.6 Å². The minimum absolute atomic E-state index is 0.0326. The van der Waals surface area contributed by atoms with Crippen LogP contribution in [-0.2, 0) is 14.8 Å². The van der Waals surface area contributed by atoms with Gasteiger partial charge in [0.05, 0.1) is 34.4 Å². The van der Waals surface area contributed by atoms with Crippen molar-refractivity contribution in [1.82, 2.24) is 9.88 Å². The van der Waals surface area contributed by atoms with Gasteiger partial charge in [-0.05, 0) is 49.6 Å². The number of H-pyrrole nitrogens is 1. The summed E-state index contributed by atoms with van der Waals surface area (Å²) in [5.74, 6) is 0.0326. The molecular formula is C23H24N4O4S3. The van der Waals surface area contributed by atoms with E-state index in [-0.39, 0.29) is 16.1 Å². The highest BCUT2D eigenvalue weighted by Gasteiger charge is 2.32. The van der Waals surface area contributed by atoms with E-state index in [0.29, 0.717) is 37.3 Å². The largest absolute Gasteiger partial charge is 0.389 e. The molecule has 178 valence electrons. The molecule has 1 aromatic heterocycles. The zero-order valence-corrected chi connectivity index (χ0v) is 20.9. The van der Waals surface area contributed by atoms with E-state index in [9.17, 15) is 18.3 Å². The van der Waals surface area contributed by atoms with E-state index in [0.717, 1.165) is 25.4 Å². The molecule has 2 aliphatic heterocycles. The van der Waals surface area contributed by atoms with Crippen LogP contribution in [0.25, 0.3) is 10.9 Å². The van der Waals surface area contributed by atoms with Crippen molar-refractivity contribution in [3.8, 4) is 0 Å². The van der Waals surface area contributed by atoms with Gasteiger partial charge in [0.2, 0.25) is 5.91 Å². The number of sulfonamides is 1. The molecule has 3 aromatic rings. The molecule has 0 aliphatic carbocycles. The summed E-state index contributed by atoms with van der Waals surface area (Å²) in [5.41, 5.74) is 2.68. The second-order valence-electron chi connectivity index (χ2n) is 8.53. The maximum absolute atomic E-state index is 13.2. The molecule has 2 N–H and O–H groups in total. The van der Waals surface area contributed by atoms with Crippen molar-refractivity contribution in [2.75, 3.05) is 23.3 Å². The number of likely N-dealkylation sites (tertiary alicyclic amines) is 1. The third kappa shape index (κ3) is 4.33. The first-order valence-corrected chi connectivity index (χ1v) is 13.5. The van der Waals surface area contributed by atoms with E-state index in [4.69, 9.17) is 0 Å². The van der Waals surface area contributed by atoms with Crippen molar-refractivity contribution >= 4 is 62.1 Å². The van der Waals surface area contributed by atoms with Gasteiger partial charge >= 0.3 is 0 Å². The van der Waals surface area contributed by atoms with Gasteiger partial charge in [0.1, 0.15) is 5.04 Å². The first-order valence-electron chi connectivity index (χ1n) is 10.8. The van der Waals surface area contributed by atoms with Gasteiger partial charge in [-0.2, -0.15) is 0 Å². The molecule has 0 radical (unpaired) electrons. The number of aliphatic imine (C=N–C) groups is 1.